The number of carbonyl (C=O) groups is 1. The topological polar surface area (TPSA) is 56.2 Å². The monoisotopic (exact) mass is 343 g/mol. The lowest BCUT2D eigenvalue weighted by molar-refractivity contribution is -0.123. The summed E-state index contributed by atoms with van der Waals surface area (Å²) in [6, 6.07) is 13.7. The van der Waals surface area contributed by atoms with E-state index in [0.29, 0.717) is 16.5 Å². The average Bonchev–Trinajstić information content (AvgIpc) is 2.98. The number of rotatable bonds is 6. The van der Waals surface area contributed by atoms with Gasteiger partial charge in [-0.15, -0.1) is 0 Å². The highest BCUT2D eigenvalue weighted by Gasteiger charge is 2.09. The van der Waals surface area contributed by atoms with Crippen molar-refractivity contribution in [1.29, 1.82) is 0 Å². The molecule has 0 saturated heterocycles. The molecule has 3 rings (SSSR count). The largest absolute Gasteiger partial charge is 0.484 e. The molecule has 0 aliphatic carbocycles. The standard InChI is InChI=1S/C18H18ClN3O2/c1-2-22-11-16(19)17(21-22)10-20-18(23)12-24-15-8-7-13-5-3-4-6-14(13)9-15/h3-9,11H,2,10,12H2,1H3,(H,20,23). The smallest absolute Gasteiger partial charge is 0.258 e. The normalized spacial score (nSPS) is 10.8. The number of benzene rings is 2. The Labute approximate surface area is 145 Å². The van der Waals surface area contributed by atoms with E-state index in [1.54, 1.807) is 10.9 Å². The molecule has 3 aromatic rings. The number of ether oxygens (including phenoxy) is 1. The van der Waals surface area contributed by atoms with Crippen LogP contribution in [0.3, 0.4) is 0 Å². The van der Waals surface area contributed by atoms with Crippen molar-refractivity contribution in [2.75, 3.05) is 6.61 Å². The van der Waals surface area contributed by atoms with Crippen molar-refractivity contribution in [3.63, 3.8) is 0 Å². The van der Waals surface area contributed by atoms with E-state index in [0.717, 1.165) is 17.3 Å². The minimum Gasteiger partial charge on any atom is -0.484 e. The van der Waals surface area contributed by atoms with Gasteiger partial charge in [-0.3, -0.25) is 9.48 Å². The van der Waals surface area contributed by atoms with E-state index >= 15 is 0 Å². The fraction of sp³-hybridized carbons (Fsp3) is 0.222. The Hall–Kier alpha value is -2.53. The Morgan fingerprint density at radius 1 is 1.25 bits per heavy atom. The second kappa shape index (κ2) is 7.36. The van der Waals surface area contributed by atoms with Crippen LogP contribution in [-0.4, -0.2) is 22.3 Å². The molecule has 1 heterocycles. The van der Waals surface area contributed by atoms with Gasteiger partial charge in [0.05, 0.1) is 11.6 Å². The van der Waals surface area contributed by atoms with E-state index in [2.05, 4.69) is 10.4 Å². The zero-order chi connectivity index (χ0) is 16.9. The number of amides is 1. The molecule has 0 aliphatic heterocycles. The van der Waals surface area contributed by atoms with Crippen LogP contribution in [-0.2, 0) is 17.9 Å². The first kappa shape index (κ1) is 16.3. The Balaban J connectivity index is 1.53. The van der Waals surface area contributed by atoms with Crippen LogP contribution in [0.1, 0.15) is 12.6 Å². The minimum absolute atomic E-state index is 0.0511. The van der Waals surface area contributed by atoms with Crippen LogP contribution in [0.25, 0.3) is 10.8 Å². The predicted molar refractivity (Wildman–Crippen MR) is 94.2 cm³/mol. The molecule has 0 saturated carbocycles. The quantitative estimate of drug-likeness (QED) is 0.746. The molecular formula is C18H18ClN3O2. The summed E-state index contributed by atoms with van der Waals surface area (Å²) in [4.78, 5) is 11.9. The van der Waals surface area contributed by atoms with Crippen molar-refractivity contribution in [2.24, 2.45) is 0 Å². The summed E-state index contributed by atoms with van der Waals surface area (Å²) in [7, 11) is 0. The van der Waals surface area contributed by atoms with E-state index in [1.165, 1.54) is 0 Å². The van der Waals surface area contributed by atoms with Gasteiger partial charge in [-0.25, -0.2) is 0 Å². The lowest BCUT2D eigenvalue weighted by Gasteiger charge is -2.08. The number of nitrogens with zero attached hydrogens (tertiary/aromatic N) is 2. The number of fused-ring (bicyclic) bond motifs is 1. The molecule has 1 amide bonds. The van der Waals surface area contributed by atoms with Gasteiger partial charge in [0.1, 0.15) is 11.4 Å². The van der Waals surface area contributed by atoms with Gasteiger partial charge in [0.25, 0.3) is 5.91 Å². The molecule has 0 atom stereocenters. The molecule has 0 bridgehead atoms. The second-order valence-corrected chi connectivity index (χ2v) is 5.76. The maximum atomic E-state index is 11.9. The van der Waals surface area contributed by atoms with Gasteiger partial charge in [-0.05, 0) is 29.8 Å². The van der Waals surface area contributed by atoms with Gasteiger partial charge in [0, 0.05) is 12.7 Å². The van der Waals surface area contributed by atoms with E-state index < -0.39 is 0 Å². The molecular weight excluding hydrogens is 326 g/mol. The first-order valence-electron chi connectivity index (χ1n) is 7.76. The Morgan fingerprint density at radius 3 is 2.79 bits per heavy atom. The first-order chi connectivity index (χ1) is 11.7. The van der Waals surface area contributed by atoms with Crippen LogP contribution >= 0.6 is 11.6 Å². The van der Waals surface area contributed by atoms with Gasteiger partial charge >= 0.3 is 0 Å². The third-order valence-electron chi connectivity index (χ3n) is 3.66. The predicted octanol–water partition coefficient (Wildman–Crippen LogP) is 3.40. The third kappa shape index (κ3) is 3.86. The average molecular weight is 344 g/mol. The lowest BCUT2D eigenvalue weighted by Crippen LogP contribution is -2.28. The van der Waals surface area contributed by atoms with E-state index in [-0.39, 0.29) is 19.1 Å². The maximum absolute atomic E-state index is 11.9. The molecule has 5 nitrogen and oxygen atoms in total. The van der Waals surface area contributed by atoms with Crippen LogP contribution in [0.5, 0.6) is 5.75 Å². The number of nitrogens with one attached hydrogen (secondary N) is 1. The number of aryl methyl sites for hydroxylation is 1. The van der Waals surface area contributed by atoms with E-state index in [4.69, 9.17) is 16.3 Å². The van der Waals surface area contributed by atoms with Crippen LogP contribution < -0.4 is 10.1 Å². The molecule has 1 aromatic heterocycles. The molecule has 0 unspecified atom stereocenters. The number of hydrogen-bond acceptors (Lipinski definition) is 3. The molecule has 0 aliphatic rings. The maximum Gasteiger partial charge on any atom is 0.258 e. The summed E-state index contributed by atoms with van der Waals surface area (Å²) in [6.07, 6.45) is 1.74. The Bertz CT molecular complexity index is 860. The summed E-state index contributed by atoms with van der Waals surface area (Å²) in [5.41, 5.74) is 0.651. The second-order valence-electron chi connectivity index (χ2n) is 5.35. The van der Waals surface area contributed by atoms with E-state index in [1.807, 2.05) is 49.4 Å². The highest BCUT2D eigenvalue weighted by Crippen LogP contribution is 2.20. The van der Waals surface area contributed by atoms with Gasteiger partial charge in [-0.2, -0.15) is 5.10 Å². The van der Waals surface area contributed by atoms with Crippen LogP contribution in [0, 0.1) is 0 Å². The van der Waals surface area contributed by atoms with E-state index in [9.17, 15) is 4.79 Å². The van der Waals surface area contributed by atoms with Crippen molar-refractivity contribution in [1.82, 2.24) is 15.1 Å². The van der Waals surface area contributed by atoms with Crippen molar-refractivity contribution in [2.45, 2.75) is 20.0 Å². The molecule has 6 heteroatoms. The summed E-state index contributed by atoms with van der Waals surface area (Å²) in [6.45, 7) is 2.94. The summed E-state index contributed by atoms with van der Waals surface area (Å²) in [5, 5.41) is 9.80. The Morgan fingerprint density at radius 2 is 2.04 bits per heavy atom. The highest BCUT2D eigenvalue weighted by molar-refractivity contribution is 6.31. The van der Waals surface area contributed by atoms with Gasteiger partial charge in [-0.1, -0.05) is 41.9 Å². The summed E-state index contributed by atoms with van der Waals surface area (Å²) < 4.78 is 7.28. The fourth-order valence-corrected chi connectivity index (χ4v) is 2.58. The van der Waals surface area contributed by atoms with Crippen molar-refractivity contribution < 1.29 is 9.53 Å². The van der Waals surface area contributed by atoms with Crippen molar-refractivity contribution >= 4 is 28.3 Å². The number of aromatic nitrogens is 2. The summed E-state index contributed by atoms with van der Waals surface area (Å²) in [5.74, 6) is 0.447. The fourth-order valence-electron chi connectivity index (χ4n) is 2.36. The van der Waals surface area contributed by atoms with Crippen LogP contribution in [0.4, 0.5) is 0 Å². The number of hydrogen-bond donors (Lipinski definition) is 1. The number of carbonyl (C=O) groups excluding carboxylic acids is 1. The highest BCUT2D eigenvalue weighted by atomic mass is 35.5. The summed E-state index contributed by atoms with van der Waals surface area (Å²) >= 11 is 6.07. The van der Waals surface area contributed by atoms with Gasteiger partial charge < -0.3 is 10.1 Å². The Kier molecular flexibility index (Phi) is 5.01. The van der Waals surface area contributed by atoms with Crippen molar-refractivity contribution in [3.8, 4) is 5.75 Å². The zero-order valence-corrected chi connectivity index (χ0v) is 14.1. The molecule has 0 spiro atoms. The third-order valence-corrected chi connectivity index (χ3v) is 3.97. The van der Waals surface area contributed by atoms with Gasteiger partial charge in [0.15, 0.2) is 6.61 Å². The number of halogens is 1. The van der Waals surface area contributed by atoms with Crippen LogP contribution in [0.2, 0.25) is 5.02 Å². The molecule has 0 fully saturated rings. The lowest BCUT2D eigenvalue weighted by atomic mass is 10.1. The van der Waals surface area contributed by atoms with Gasteiger partial charge in [0.2, 0.25) is 0 Å². The first-order valence-corrected chi connectivity index (χ1v) is 8.13. The molecule has 0 radical (unpaired) electrons. The van der Waals surface area contributed by atoms with Crippen LogP contribution in [0.15, 0.2) is 48.7 Å². The minimum atomic E-state index is -0.217. The SMILES string of the molecule is CCn1cc(Cl)c(CNC(=O)COc2ccc3ccccc3c2)n1. The molecule has 24 heavy (non-hydrogen) atoms. The molecule has 1 N–H and O–H groups in total. The molecule has 2 aromatic carbocycles. The zero-order valence-electron chi connectivity index (χ0n) is 13.3. The van der Waals surface area contributed by atoms with Crippen molar-refractivity contribution in [3.05, 3.63) is 59.4 Å². The molecule has 124 valence electrons.